The first-order chi connectivity index (χ1) is 6.27. The first-order valence-corrected chi connectivity index (χ1v) is 3.86. The van der Waals surface area contributed by atoms with Gasteiger partial charge in [-0.15, -0.1) is 0 Å². The van der Waals surface area contributed by atoms with Gasteiger partial charge < -0.3 is 19.7 Å². The summed E-state index contributed by atoms with van der Waals surface area (Å²) in [5.74, 6) is 0.932. The molecule has 0 aliphatic rings. The molecule has 1 atom stereocenters. The standard InChI is InChI=1S/C9H12O4/c1-12-7-4-2-3-5-8(7)13-9(11)6-10/h2-5,9-11H,6H2,1H3. The molecule has 0 aliphatic carbocycles. The summed E-state index contributed by atoms with van der Waals surface area (Å²) in [6.45, 7) is -0.446. The summed E-state index contributed by atoms with van der Waals surface area (Å²) >= 11 is 0. The Hall–Kier alpha value is -1.26. The zero-order valence-corrected chi connectivity index (χ0v) is 7.30. The number of rotatable bonds is 4. The van der Waals surface area contributed by atoms with Crippen LogP contribution in [0.15, 0.2) is 24.3 Å². The molecule has 1 aromatic rings. The van der Waals surface area contributed by atoms with Gasteiger partial charge in [0.25, 0.3) is 0 Å². The van der Waals surface area contributed by atoms with Crippen molar-refractivity contribution in [2.24, 2.45) is 0 Å². The Bertz CT molecular complexity index is 262. The van der Waals surface area contributed by atoms with Crippen LogP contribution < -0.4 is 9.47 Å². The van der Waals surface area contributed by atoms with Crippen LogP contribution in [-0.2, 0) is 0 Å². The van der Waals surface area contributed by atoms with Crippen LogP contribution in [0.25, 0.3) is 0 Å². The average molecular weight is 184 g/mol. The molecule has 4 heteroatoms. The summed E-state index contributed by atoms with van der Waals surface area (Å²) in [6, 6.07) is 6.90. The normalized spacial score (nSPS) is 12.2. The molecule has 72 valence electrons. The number of ether oxygens (including phenoxy) is 2. The quantitative estimate of drug-likeness (QED) is 0.664. The zero-order chi connectivity index (χ0) is 9.68. The lowest BCUT2D eigenvalue weighted by molar-refractivity contribution is -0.0559. The summed E-state index contributed by atoms with van der Waals surface area (Å²) in [6.07, 6.45) is -1.21. The van der Waals surface area contributed by atoms with E-state index in [1.807, 2.05) is 0 Å². The third kappa shape index (κ3) is 2.61. The van der Waals surface area contributed by atoms with Gasteiger partial charge in [-0.3, -0.25) is 0 Å². The Morgan fingerprint density at radius 2 is 1.92 bits per heavy atom. The molecular weight excluding hydrogens is 172 g/mol. The Morgan fingerprint density at radius 1 is 1.31 bits per heavy atom. The number of aliphatic hydroxyl groups excluding tert-OH is 2. The van der Waals surface area contributed by atoms with E-state index in [1.54, 1.807) is 24.3 Å². The molecule has 4 nitrogen and oxygen atoms in total. The van der Waals surface area contributed by atoms with Gasteiger partial charge in [-0.05, 0) is 12.1 Å². The fourth-order valence-corrected chi connectivity index (χ4v) is 0.900. The predicted octanol–water partition coefficient (Wildman–Crippen LogP) is 0.385. The summed E-state index contributed by atoms with van der Waals surface area (Å²) in [5.41, 5.74) is 0. The third-order valence-corrected chi connectivity index (χ3v) is 1.49. The van der Waals surface area contributed by atoms with E-state index >= 15 is 0 Å². The van der Waals surface area contributed by atoms with Gasteiger partial charge in [-0.25, -0.2) is 0 Å². The molecule has 0 spiro atoms. The van der Waals surface area contributed by atoms with E-state index in [0.29, 0.717) is 11.5 Å². The molecule has 2 N–H and O–H groups in total. The highest BCUT2D eigenvalue weighted by molar-refractivity contribution is 5.39. The van der Waals surface area contributed by atoms with Crippen molar-refractivity contribution in [2.75, 3.05) is 13.7 Å². The van der Waals surface area contributed by atoms with Crippen molar-refractivity contribution >= 4 is 0 Å². The van der Waals surface area contributed by atoms with Crippen molar-refractivity contribution in [3.8, 4) is 11.5 Å². The van der Waals surface area contributed by atoms with Crippen LogP contribution in [0.4, 0.5) is 0 Å². The Balaban J connectivity index is 2.74. The highest BCUT2D eigenvalue weighted by Crippen LogP contribution is 2.26. The molecule has 0 fully saturated rings. The number of hydrogen-bond acceptors (Lipinski definition) is 4. The fourth-order valence-electron chi connectivity index (χ4n) is 0.900. The maximum absolute atomic E-state index is 9.00. The van der Waals surface area contributed by atoms with Gasteiger partial charge in [0, 0.05) is 0 Å². The fraction of sp³-hybridized carbons (Fsp3) is 0.333. The van der Waals surface area contributed by atoms with E-state index in [0.717, 1.165) is 0 Å². The van der Waals surface area contributed by atoms with Gasteiger partial charge >= 0.3 is 0 Å². The minimum atomic E-state index is -1.21. The van der Waals surface area contributed by atoms with Crippen molar-refractivity contribution in [3.05, 3.63) is 24.3 Å². The summed E-state index contributed by atoms with van der Waals surface area (Å²) < 4.78 is 9.94. The van der Waals surface area contributed by atoms with Gasteiger partial charge in [0.05, 0.1) is 7.11 Å². The van der Waals surface area contributed by atoms with Crippen LogP contribution in [0.5, 0.6) is 11.5 Å². The van der Waals surface area contributed by atoms with Crippen molar-refractivity contribution < 1.29 is 19.7 Å². The minimum Gasteiger partial charge on any atom is -0.493 e. The Labute approximate surface area is 76.3 Å². The average Bonchev–Trinajstić information content (AvgIpc) is 2.18. The van der Waals surface area contributed by atoms with E-state index in [2.05, 4.69) is 0 Å². The maximum atomic E-state index is 9.00. The molecule has 1 aromatic carbocycles. The molecule has 1 rings (SSSR count). The smallest absolute Gasteiger partial charge is 0.221 e. The predicted molar refractivity (Wildman–Crippen MR) is 46.7 cm³/mol. The van der Waals surface area contributed by atoms with E-state index < -0.39 is 12.9 Å². The van der Waals surface area contributed by atoms with E-state index in [4.69, 9.17) is 19.7 Å². The lowest BCUT2D eigenvalue weighted by Crippen LogP contribution is -2.20. The second-order valence-corrected chi connectivity index (χ2v) is 2.41. The molecule has 0 aliphatic heterocycles. The third-order valence-electron chi connectivity index (χ3n) is 1.49. The molecule has 0 bridgehead atoms. The zero-order valence-electron chi connectivity index (χ0n) is 7.30. The van der Waals surface area contributed by atoms with E-state index in [-0.39, 0.29) is 0 Å². The lowest BCUT2D eigenvalue weighted by Gasteiger charge is -2.13. The number of aliphatic hydroxyl groups is 2. The highest BCUT2D eigenvalue weighted by Gasteiger charge is 2.07. The monoisotopic (exact) mass is 184 g/mol. The van der Waals surface area contributed by atoms with Gasteiger partial charge in [0.15, 0.2) is 11.5 Å². The first kappa shape index (κ1) is 9.83. The lowest BCUT2D eigenvalue weighted by atomic mass is 10.3. The van der Waals surface area contributed by atoms with E-state index in [9.17, 15) is 0 Å². The first-order valence-electron chi connectivity index (χ1n) is 3.86. The number of hydrogen-bond donors (Lipinski definition) is 2. The van der Waals surface area contributed by atoms with Gasteiger partial charge in [0.2, 0.25) is 6.29 Å². The molecule has 0 radical (unpaired) electrons. The molecule has 0 amide bonds. The van der Waals surface area contributed by atoms with Crippen LogP contribution in [-0.4, -0.2) is 30.2 Å². The van der Waals surface area contributed by atoms with Gasteiger partial charge in [-0.1, -0.05) is 12.1 Å². The number of methoxy groups -OCH3 is 1. The second kappa shape index (κ2) is 4.69. The summed E-state index contributed by atoms with van der Waals surface area (Å²) in [5, 5.41) is 17.5. The number of benzene rings is 1. The molecule has 0 saturated heterocycles. The molecule has 0 aromatic heterocycles. The Morgan fingerprint density at radius 3 is 2.46 bits per heavy atom. The topological polar surface area (TPSA) is 58.9 Å². The molecule has 13 heavy (non-hydrogen) atoms. The van der Waals surface area contributed by atoms with Crippen LogP contribution >= 0.6 is 0 Å². The second-order valence-electron chi connectivity index (χ2n) is 2.41. The largest absolute Gasteiger partial charge is 0.493 e. The van der Waals surface area contributed by atoms with Crippen LogP contribution in [0.3, 0.4) is 0 Å². The highest BCUT2D eigenvalue weighted by atomic mass is 16.6. The molecule has 0 heterocycles. The van der Waals surface area contributed by atoms with E-state index in [1.165, 1.54) is 7.11 Å². The van der Waals surface area contributed by atoms with Crippen molar-refractivity contribution in [3.63, 3.8) is 0 Å². The number of para-hydroxylation sites is 2. The minimum absolute atomic E-state index is 0.409. The van der Waals surface area contributed by atoms with Crippen molar-refractivity contribution in [1.82, 2.24) is 0 Å². The Kier molecular flexibility index (Phi) is 3.54. The molecular formula is C9H12O4. The van der Waals surface area contributed by atoms with Gasteiger partial charge in [-0.2, -0.15) is 0 Å². The van der Waals surface area contributed by atoms with Crippen LogP contribution in [0.2, 0.25) is 0 Å². The van der Waals surface area contributed by atoms with Crippen LogP contribution in [0.1, 0.15) is 0 Å². The maximum Gasteiger partial charge on any atom is 0.221 e. The van der Waals surface area contributed by atoms with Gasteiger partial charge in [0.1, 0.15) is 6.61 Å². The SMILES string of the molecule is COc1ccccc1OC(O)CO. The van der Waals surface area contributed by atoms with Crippen LogP contribution in [0, 0.1) is 0 Å². The summed E-state index contributed by atoms with van der Waals surface area (Å²) in [7, 11) is 1.51. The summed E-state index contributed by atoms with van der Waals surface area (Å²) in [4.78, 5) is 0. The molecule has 1 unspecified atom stereocenters. The van der Waals surface area contributed by atoms with Crippen molar-refractivity contribution in [2.45, 2.75) is 6.29 Å². The molecule has 0 saturated carbocycles. The van der Waals surface area contributed by atoms with Crippen molar-refractivity contribution in [1.29, 1.82) is 0 Å².